The van der Waals surface area contributed by atoms with E-state index < -0.39 is 0 Å². The van der Waals surface area contributed by atoms with E-state index in [-0.39, 0.29) is 0 Å². The summed E-state index contributed by atoms with van der Waals surface area (Å²) in [6.45, 7) is 4.80. The van der Waals surface area contributed by atoms with Crippen LogP contribution in [0.4, 0.5) is 11.5 Å². The number of halogens is 2. The number of rotatable bonds is 10. The van der Waals surface area contributed by atoms with Crippen molar-refractivity contribution in [1.82, 2.24) is 24.8 Å². The molecule has 0 amide bonds. The van der Waals surface area contributed by atoms with Gasteiger partial charge >= 0.3 is 0 Å². The van der Waals surface area contributed by atoms with Crippen LogP contribution in [0.1, 0.15) is 12.5 Å². The minimum absolute atomic E-state index is 0.553. The monoisotopic (exact) mass is 408 g/mol. The third-order valence-electron chi connectivity index (χ3n) is 4.04. The van der Waals surface area contributed by atoms with Gasteiger partial charge in [0.15, 0.2) is 11.5 Å². The highest BCUT2D eigenvalue weighted by Gasteiger charge is 2.12. The minimum atomic E-state index is 0.553. The summed E-state index contributed by atoms with van der Waals surface area (Å²) in [5.74, 6) is 2.63. The largest absolute Gasteiger partial charge is 0.494 e. The number of aromatic nitrogens is 4. The van der Waals surface area contributed by atoms with E-state index in [9.17, 15) is 0 Å². The van der Waals surface area contributed by atoms with Crippen LogP contribution in [0.15, 0.2) is 30.9 Å². The number of alkyl halides is 2. The number of hydrogen-bond acceptors (Lipinski definition) is 6. The first-order chi connectivity index (χ1) is 13.2. The Morgan fingerprint density at radius 3 is 2.70 bits per heavy atom. The molecule has 0 fully saturated rings. The van der Waals surface area contributed by atoms with Gasteiger partial charge in [-0.2, -0.15) is 0 Å². The Hall–Kier alpha value is -2.09. The Morgan fingerprint density at radius 1 is 1.15 bits per heavy atom. The standard InChI is InChI=1S/C18H22Cl2N6O/c1-2-27-15-4-3-14(9-13(15)10-26(7-5-19)8-6-20)25-18-16-17(22-11-21-16)23-12-24-18/h3-4,9,11-12H,2,5-8,10H2,1H3,(H2,21,22,23,24,25). The SMILES string of the molecule is CCOc1ccc(Nc2ncnc3nc[nH]c23)cc1CN(CCCl)CCCl. The molecule has 2 heterocycles. The summed E-state index contributed by atoms with van der Waals surface area (Å²) in [5.41, 5.74) is 3.35. The van der Waals surface area contributed by atoms with Crippen LogP contribution in [0, 0.1) is 0 Å². The Morgan fingerprint density at radius 2 is 1.96 bits per heavy atom. The van der Waals surface area contributed by atoms with Crippen molar-refractivity contribution in [2.75, 3.05) is 36.8 Å². The molecule has 0 aliphatic heterocycles. The van der Waals surface area contributed by atoms with Crippen molar-refractivity contribution in [2.45, 2.75) is 13.5 Å². The number of anilines is 2. The molecule has 0 aliphatic rings. The lowest BCUT2D eigenvalue weighted by atomic mass is 10.1. The second-order valence-electron chi connectivity index (χ2n) is 5.86. The van der Waals surface area contributed by atoms with Crippen molar-refractivity contribution in [1.29, 1.82) is 0 Å². The van der Waals surface area contributed by atoms with Crippen LogP contribution in [0.3, 0.4) is 0 Å². The van der Waals surface area contributed by atoms with Crippen molar-refractivity contribution in [3.05, 3.63) is 36.4 Å². The van der Waals surface area contributed by atoms with Crippen molar-refractivity contribution < 1.29 is 4.74 Å². The number of fused-ring (bicyclic) bond motifs is 1. The van der Waals surface area contributed by atoms with Gasteiger partial charge in [0.05, 0.1) is 12.9 Å². The number of benzene rings is 1. The molecule has 0 unspecified atom stereocenters. The normalized spacial score (nSPS) is 11.3. The molecule has 3 aromatic rings. The van der Waals surface area contributed by atoms with Crippen LogP contribution in [0.2, 0.25) is 0 Å². The average molecular weight is 409 g/mol. The lowest BCUT2D eigenvalue weighted by molar-refractivity contribution is 0.285. The summed E-state index contributed by atoms with van der Waals surface area (Å²) in [6, 6.07) is 5.99. The number of hydrogen-bond donors (Lipinski definition) is 2. The molecular formula is C18H22Cl2N6O. The molecule has 0 bridgehead atoms. The Kier molecular flexibility index (Phi) is 7.09. The van der Waals surface area contributed by atoms with Gasteiger partial charge in [0, 0.05) is 42.6 Å². The molecule has 0 saturated carbocycles. The zero-order valence-electron chi connectivity index (χ0n) is 15.1. The molecule has 144 valence electrons. The summed E-state index contributed by atoms with van der Waals surface area (Å²) in [4.78, 5) is 17.9. The van der Waals surface area contributed by atoms with Crippen LogP contribution in [0.5, 0.6) is 5.75 Å². The smallest absolute Gasteiger partial charge is 0.182 e. The van der Waals surface area contributed by atoms with Gasteiger partial charge in [-0.3, -0.25) is 4.90 Å². The van der Waals surface area contributed by atoms with E-state index >= 15 is 0 Å². The zero-order chi connectivity index (χ0) is 19.1. The zero-order valence-corrected chi connectivity index (χ0v) is 16.6. The molecule has 7 nitrogen and oxygen atoms in total. The maximum absolute atomic E-state index is 5.93. The Bertz CT molecular complexity index is 866. The number of nitrogens with zero attached hydrogens (tertiary/aromatic N) is 4. The van der Waals surface area contributed by atoms with E-state index in [1.807, 2.05) is 19.1 Å². The average Bonchev–Trinajstić information content (AvgIpc) is 3.14. The maximum Gasteiger partial charge on any atom is 0.182 e. The highest BCUT2D eigenvalue weighted by atomic mass is 35.5. The molecule has 27 heavy (non-hydrogen) atoms. The quantitative estimate of drug-likeness (QED) is 0.497. The van der Waals surface area contributed by atoms with Gasteiger partial charge in [-0.15, -0.1) is 23.2 Å². The maximum atomic E-state index is 5.93. The fraction of sp³-hybridized carbons (Fsp3) is 0.389. The fourth-order valence-electron chi connectivity index (χ4n) is 2.82. The molecular weight excluding hydrogens is 387 g/mol. The van der Waals surface area contributed by atoms with E-state index in [0.717, 1.165) is 35.6 Å². The summed E-state index contributed by atoms with van der Waals surface area (Å²) < 4.78 is 5.79. The van der Waals surface area contributed by atoms with Crippen molar-refractivity contribution >= 4 is 45.9 Å². The summed E-state index contributed by atoms with van der Waals surface area (Å²) in [5, 5.41) is 3.33. The van der Waals surface area contributed by atoms with E-state index in [4.69, 9.17) is 27.9 Å². The lowest BCUT2D eigenvalue weighted by Crippen LogP contribution is -2.27. The van der Waals surface area contributed by atoms with Crippen LogP contribution in [0.25, 0.3) is 11.2 Å². The van der Waals surface area contributed by atoms with E-state index in [2.05, 4.69) is 36.2 Å². The van der Waals surface area contributed by atoms with Gasteiger partial charge in [0.1, 0.15) is 17.6 Å². The van der Waals surface area contributed by atoms with Gasteiger partial charge < -0.3 is 15.0 Å². The second-order valence-corrected chi connectivity index (χ2v) is 6.61. The van der Waals surface area contributed by atoms with Crippen molar-refractivity contribution in [2.24, 2.45) is 0 Å². The third kappa shape index (κ3) is 5.00. The van der Waals surface area contributed by atoms with Crippen molar-refractivity contribution in [3.63, 3.8) is 0 Å². The predicted molar refractivity (Wildman–Crippen MR) is 109 cm³/mol. The van der Waals surface area contributed by atoms with Crippen molar-refractivity contribution in [3.8, 4) is 5.75 Å². The number of nitrogens with one attached hydrogen (secondary N) is 2. The molecule has 0 saturated heterocycles. The van der Waals surface area contributed by atoms with E-state index in [1.165, 1.54) is 6.33 Å². The molecule has 3 rings (SSSR count). The molecule has 0 radical (unpaired) electrons. The Balaban J connectivity index is 1.87. The third-order valence-corrected chi connectivity index (χ3v) is 4.38. The fourth-order valence-corrected chi connectivity index (χ4v) is 3.30. The molecule has 2 aromatic heterocycles. The Labute approximate surface area is 168 Å². The molecule has 0 atom stereocenters. The second kappa shape index (κ2) is 9.73. The summed E-state index contributed by atoms with van der Waals surface area (Å²) >= 11 is 11.9. The first-order valence-corrected chi connectivity index (χ1v) is 9.83. The van der Waals surface area contributed by atoms with Gasteiger partial charge in [0.2, 0.25) is 0 Å². The minimum Gasteiger partial charge on any atom is -0.494 e. The number of H-pyrrole nitrogens is 1. The van der Waals surface area contributed by atoms with Gasteiger partial charge in [-0.1, -0.05) is 0 Å². The number of aromatic amines is 1. The highest BCUT2D eigenvalue weighted by molar-refractivity contribution is 6.18. The topological polar surface area (TPSA) is 79.0 Å². The first kappa shape index (κ1) is 19.7. The van der Waals surface area contributed by atoms with E-state index in [1.54, 1.807) is 6.33 Å². The molecule has 1 aromatic carbocycles. The molecule has 0 aliphatic carbocycles. The summed E-state index contributed by atoms with van der Waals surface area (Å²) in [7, 11) is 0. The van der Waals surface area contributed by atoms with Crippen LogP contribution < -0.4 is 10.1 Å². The number of imidazole rings is 1. The van der Waals surface area contributed by atoms with Crippen LogP contribution in [-0.2, 0) is 6.54 Å². The van der Waals surface area contributed by atoms with Gasteiger partial charge in [-0.05, 0) is 25.1 Å². The van der Waals surface area contributed by atoms with Gasteiger partial charge in [0.25, 0.3) is 0 Å². The first-order valence-electron chi connectivity index (χ1n) is 8.76. The molecule has 0 spiro atoms. The van der Waals surface area contributed by atoms with E-state index in [0.29, 0.717) is 36.4 Å². The predicted octanol–water partition coefficient (Wildman–Crippen LogP) is 3.77. The summed E-state index contributed by atoms with van der Waals surface area (Å²) in [6.07, 6.45) is 3.09. The highest BCUT2D eigenvalue weighted by Crippen LogP contribution is 2.27. The molecule has 2 N–H and O–H groups in total. The van der Waals surface area contributed by atoms with Crippen LogP contribution in [-0.4, -0.2) is 56.3 Å². The van der Waals surface area contributed by atoms with Gasteiger partial charge in [-0.25, -0.2) is 15.0 Å². The number of ether oxygens (including phenoxy) is 1. The molecule has 9 heteroatoms. The van der Waals surface area contributed by atoms with Crippen LogP contribution >= 0.6 is 23.2 Å². The lowest BCUT2D eigenvalue weighted by Gasteiger charge is -2.22.